The Hall–Kier alpha value is -2.62. The van der Waals surface area contributed by atoms with Gasteiger partial charge in [-0.1, -0.05) is 60.1 Å². The highest BCUT2D eigenvalue weighted by Gasteiger charge is 2.25. The molecular weight excluding hydrogens is 392 g/mol. The average Bonchev–Trinajstić information content (AvgIpc) is 3.60. The van der Waals surface area contributed by atoms with Crippen LogP contribution in [-0.4, -0.2) is 23.9 Å². The first kappa shape index (κ1) is 20.6. The van der Waals surface area contributed by atoms with Crippen LogP contribution in [0.4, 0.5) is 5.69 Å². The number of rotatable bonds is 8. The highest BCUT2D eigenvalue weighted by atomic mass is 35.5. The molecular formula is C26H27ClN2O. The molecule has 1 fully saturated rings. The fraction of sp³-hybridized carbons (Fsp3) is 0.269. The van der Waals surface area contributed by atoms with E-state index in [1.54, 1.807) is 0 Å². The van der Waals surface area contributed by atoms with Gasteiger partial charge in [0.05, 0.1) is 0 Å². The summed E-state index contributed by atoms with van der Waals surface area (Å²) in [5.41, 5.74) is 5.54. The normalized spacial score (nSPS) is 13.4. The zero-order valence-electron chi connectivity index (χ0n) is 17.3. The van der Waals surface area contributed by atoms with Gasteiger partial charge < -0.3 is 5.32 Å². The molecule has 154 valence electrons. The molecule has 0 atom stereocenters. The maximum Gasteiger partial charge on any atom is 0.224 e. The molecule has 1 aliphatic rings. The Balaban J connectivity index is 1.25. The van der Waals surface area contributed by atoms with Crippen molar-refractivity contribution in [2.24, 2.45) is 0 Å². The number of halogens is 1. The van der Waals surface area contributed by atoms with Crippen molar-refractivity contribution in [1.82, 2.24) is 4.90 Å². The van der Waals surface area contributed by atoms with Crippen LogP contribution in [0, 0.1) is 0 Å². The Morgan fingerprint density at radius 3 is 2.07 bits per heavy atom. The van der Waals surface area contributed by atoms with E-state index in [2.05, 4.69) is 41.5 Å². The molecule has 3 nitrogen and oxygen atoms in total. The number of nitrogens with one attached hydrogen (secondary N) is 1. The third-order valence-corrected chi connectivity index (χ3v) is 5.86. The molecule has 1 N–H and O–H groups in total. The largest absolute Gasteiger partial charge is 0.326 e. The molecule has 1 amide bonds. The minimum atomic E-state index is 0.0341. The average molecular weight is 419 g/mol. The number of amides is 1. The summed E-state index contributed by atoms with van der Waals surface area (Å²) in [4.78, 5) is 14.8. The fourth-order valence-corrected chi connectivity index (χ4v) is 3.74. The van der Waals surface area contributed by atoms with Crippen molar-refractivity contribution in [3.63, 3.8) is 0 Å². The Bertz CT molecular complexity index is 977. The molecule has 4 rings (SSSR count). The number of carbonyl (C=O) groups excluding carboxylic acids is 1. The molecule has 0 bridgehead atoms. The van der Waals surface area contributed by atoms with Crippen LogP contribution in [-0.2, 0) is 17.8 Å². The van der Waals surface area contributed by atoms with Crippen LogP contribution in [0.3, 0.4) is 0 Å². The van der Waals surface area contributed by atoms with Crippen molar-refractivity contribution in [2.45, 2.75) is 38.3 Å². The standard InChI is InChI=1S/C26H27ClN2O/c1-29(25-15-16-25)18-20-4-2-19(3-5-20)6-17-26(30)28-24-13-9-22(10-14-24)21-7-11-23(27)12-8-21/h2-5,7-14,25H,6,15-18H2,1H3,(H,28,30). The lowest BCUT2D eigenvalue weighted by molar-refractivity contribution is -0.116. The third kappa shape index (κ3) is 5.71. The summed E-state index contributed by atoms with van der Waals surface area (Å²) in [5.74, 6) is 0.0341. The fourth-order valence-electron chi connectivity index (χ4n) is 3.61. The Morgan fingerprint density at radius 2 is 1.47 bits per heavy atom. The van der Waals surface area contributed by atoms with Gasteiger partial charge in [-0.15, -0.1) is 0 Å². The van der Waals surface area contributed by atoms with E-state index >= 15 is 0 Å². The van der Waals surface area contributed by atoms with Crippen molar-refractivity contribution in [3.8, 4) is 11.1 Å². The first-order valence-electron chi connectivity index (χ1n) is 10.5. The van der Waals surface area contributed by atoms with Crippen LogP contribution in [0.15, 0.2) is 72.8 Å². The van der Waals surface area contributed by atoms with Crippen LogP contribution in [0.1, 0.15) is 30.4 Å². The van der Waals surface area contributed by atoms with Crippen molar-refractivity contribution in [2.75, 3.05) is 12.4 Å². The van der Waals surface area contributed by atoms with Crippen LogP contribution >= 0.6 is 11.6 Å². The van der Waals surface area contributed by atoms with Gasteiger partial charge in [-0.05, 0) is 72.8 Å². The maximum absolute atomic E-state index is 12.3. The number of carbonyl (C=O) groups is 1. The zero-order valence-corrected chi connectivity index (χ0v) is 18.0. The smallest absolute Gasteiger partial charge is 0.224 e. The molecule has 0 heterocycles. The minimum absolute atomic E-state index is 0.0341. The zero-order chi connectivity index (χ0) is 20.9. The first-order chi connectivity index (χ1) is 14.6. The third-order valence-electron chi connectivity index (χ3n) is 5.61. The molecule has 4 heteroatoms. The predicted octanol–water partition coefficient (Wildman–Crippen LogP) is 6.17. The summed E-state index contributed by atoms with van der Waals surface area (Å²) in [7, 11) is 2.19. The number of anilines is 1. The van der Waals surface area contributed by atoms with Gasteiger partial charge in [-0.25, -0.2) is 0 Å². The summed E-state index contributed by atoms with van der Waals surface area (Å²) >= 11 is 5.95. The minimum Gasteiger partial charge on any atom is -0.326 e. The van der Waals surface area contributed by atoms with Crippen LogP contribution < -0.4 is 5.32 Å². The lowest BCUT2D eigenvalue weighted by Crippen LogP contribution is -2.19. The number of aryl methyl sites for hydroxylation is 1. The summed E-state index contributed by atoms with van der Waals surface area (Å²) in [6.07, 6.45) is 3.87. The number of hydrogen-bond acceptors (Lipinski definition) is 2. The maximum atomic E-state index is 12.3. The molecule has 1 aliphatic carbocycles. The van der Waals surface area contributed by atoms with Crippen molar-refractivity contribution >= 4 is 23.2 Å². The van der Waals surface area contributed by atoms with E-state index in [1.807, 2.05) is 48.5 Å². The van der Waals surface area contributed by atoms with Gasteiger partial charge in [0, 0.05) is 29.7 Å². The summed E-state index contributed by atoms with van der Waals surface area (Å²) in [6.45, 7) is 0.997. The second-order valence-electron chi connectivity index (χ2n) is 8.10. The van der Waals surface area contributed by atoms with E-state index in [4.69, 9.17) is 11.6 Å². The Labute approximate surface area is 183 Å². The van der Waals surface area contributed by atoms with Crippen molar-refractivity contribution in [3.05, 3.63) is 88.9 Å². The molecule has 30 heavy (non-hydrogen) atoms. The van der Waals surface area contributed by atoms with E-state index in [9.17, 15) is 4.79 Å². The van der Waals surface area contributed by atoms with Gasteiger partial charge in [-0.2, -0.15) is 0 Å². The van der Waals surface area contributed by atoms with E-state index in [-0.39, 0.29) is 5.91 Å². The highest BCUT2D eigenvalue weighted by molar-refractivity contribution is 6.30. The lowest BCUT2D eigenvalue weighted by atomic mass is 10.1. The SMILES string of the molecule is CN(Cc1ccc(CCC(=O)Nc2ccc(-c3ccc(Cl)cc3)cc2)cc1)C1CC1. The second-order valence-corrected chi connectivity index (χ2v) is 8.53. The number of benzene rings is 3. The summed E-state index contributed by atoms with van der Waals surface area (Å²) < 4.78 is 0. The molecule has 0 unspecified atom stereocenters. The van der Waals surface area contributed by atoms with Crippen LogP contribution in [0.2, 0.25) is 5.02 Å². The summed E-state index contributed by atoms with van der Waals surface area (Å²) in [5, 5.41) is 3.72. The number of hydrogen-bond donors (Lipinski definition) is 1. The second kappa shape index (κ2) is 9.46. The Kier molecular flexibility index (Phi) is 6.51. The van der Waals surface area contributed by atoms with Crippen LogP contribution in [0.5, 0.6) is 0 Å². The molecule has 0 aliphatic heterocycles. The lowest BCUT2D eigenvalue weighted by Gasteiger charge is -2.15. The van der Waals surface area contributed by atoms with E-state index in [1.165, 1.54) is 24.0 Å². The van der Waals surface area contributed by atoms with E-state index in [0.717, 1.165) is 40.8 Å². The monoisotopic (exact) mass is 418 g/mol. The quantitative estimate of drug-likeness (QED) is 0.474. The van der Waals surface area contributed by atoms with E-state index < -0.39 is 0 Å². The van der Waals surface area contributed by atoms with Gasteiger partial charge in [-0.3, -0.25) is 9.69 Å². The van der Waals surface area contributed by atoms with Gasteiger partial charge in [0.1, 0.15) is 0 Å². The molecule has 0 radical (unpaired) electrons. The van der Waals surface area contributed by atoms with Gasteiger partial charge in [0.2, 0.25) is 5.91 Å². The molecule has 0 aromatic heterocycles. The topological polar surface area (TPSA) is 32.3 Å². The van der Waals surface area contributed by atoms with Gasteiger partial charge in [0.25, 0.3) is 0 Å². The molecule has 3 aromatic rings. The van der Waals surface area contributed by atoms with Gasteiger partial charge >= 0.3 is 0 Å². The Morgan fingerprint density at radius 1 is 0.900 bits per heavy atom. The molecule has 3 aromatic carbocycles. The molecule has 0 saturated heterocycles. The first-order valence-corrected chi connectivity index (χ1v) is 10.9. The van der Waals surface area contributed by atoms with Crippen molar-refractivity contribution < 1.29 is 4.79 Å². The van der Waals surface area contributed by atoms with Gasteiger partial charge in [0.15, 0.2) is 0 Å². The predicted molar refractivity (Wildman–Crippen MR) is 125 cm³/mol. The molecule has 0 spiro atoms. The summed E-state index contributed by atoms with van der Waals surface area (Å²) in [6, 6.07) is 25.1. The molecule has 1 saturated carbocycles. The number of nitrogens with zero attached hydrogens (tertiary/aromatic N) is 1. The highest BCUT2D eigenvalue weighted by Crippen LogP contribution is 2.27. The van der Waals surface area contributed by atoms with Crippen LogP contribution in [0.25, 0.3) is 11.1 Å². The van der Waals surface area contributed by atoms with E-state index in [0.29, 0.717) is 6.42 Å². The van der Waals surface area contributed by atoms with Crippen molar-refractivity contribution in [1.29, 1.82) is 0 Å².